The molecule has 228 valence electrons. The first-order chi connectivity index (χ1) is 19.3. The third kappa shape index (κ3) is 17.3. The summed E-state index contributed by atoms with van der Waals surface area (Å²) < 4.78 is 40.7. The van der Waals surface area contributed by atoms with Gasteiger partial charge in [0.2, 0.25) is 11.8 Å². The molecule has 2 amide bonds. The highest BCUT2D eigenvalue weighted by Gasteiger charge is 2.34. The van der Waals surface area contributed by atoms with Crippen LogP contribution in [0.15, 0.2) is 30.3 Å². The predicted molar refractivity (Wildman–Crippen MR) is 153 cm³/mol. The van der Waals surface area contributed by atoms with Gasteiger partial charge in [-0.2, -0.15) is 0 Å². The van der Waals surface area contributed by atoms with Gasteiger partial charge in [0.15, 0.2) is 0 Å². The van der Waals surface area contributed by atoms with Crippen molar-refractivity contribution in [1.29, 1.82) is 0 Å². The highest BCUT2D eigenvalue weighted by Crippen LogP contribution is 2.51. The molecule has 0 aliphatic carbocycles. The lowest BCUT2D eigenvalue weighted by atomic mass is 10.2. The first kappa shape index (κ1) is 35.6. The molecular weight excluding hydrogens is 539 g/mol. The summed E-state index contributed by atoms with van der Waals surface area (Å²) in [7, 11) is -3.52. The van der Waals surface area contributed by atoms with Gasteiger partial charge < -0.3 is 34.1 Å². The molecule has 0 saturated heterocycles. The van der Waals surface area contributed by atoms with Crippen molar-refractivity contribution in [2.75, 3.05) is 59.0 Å². The van der Waals surface area contributed by atoms with E-state index in [1.54, 1.807) is 44.2 Å². The molecule has 1 rings (SSSR count). The zero-order valence-corrected chi connectivity index (χ0v) is 25.1. The van der Waals surface area contributed by atoms with Crippen molar-refractivity contribution < 1.29 is 42.4 Å². The Morgan fingerprint density at radius 3 is 2.05 bits per heavy atom. The molecule has 11 nitrogen and oxygen atoms in total. The number of hydrogen-bond donors (Lipinski definition) is 2. The maximum Gasteiger partial charge on any atom is 0.306 e. The van der Waals surface area contributed by atoms with Crippen molar-refractivity contribution in [2.45, 2.75) is 65.1 Å². The quantitative estimate of drug-likeness (QED) is 0.105. The predicted octanol–water partition coefficient (Wildman–Crippen LogP) is 3.90. The molecule has 2 N–H and O–H groups in total. The number of hydrogen-bond acceptors (Lipinski definition) is 9. The van der Waals surface area contributed by atoms with Crippen molar-refractivity contribution in [3.05, 3.63) is 30.3 Å². The summed E-state index contributed by atoms with van der Waals surface area (Å²) in [6.45, 7) is 9.35. The Kier molecular flexibility index (Phi) is 19.8. The van der Waals surface area contributed by atoms with Crippen LogP contribution < -0.4 is 15.2 Å². The van der Waals surface area contributed by atoms with E-state index in [0.29, 0.717) is 51.7 Å². The number of carbonyl (C=O) groups is 3. The average molecular weight is 587 g/mol. The SMILES string of the molecule is CCCCOCCOCCOCCCNC(=O)CCC(=O)N[C@@H](C)P(=O)(CCC(=O)OCC)Oc1ccccc1. The largest absolute Gasteiger partial charge is 0.466 e. The zero-order valence-electron chi connectivity index (χ0n) is 24.2. The van der Waals surface area contributed by atoms with E-state index in [2.05, 4.69) is 17.6 Å². The fraction of sp³-hybridized carbons (Fsp3) is 0.679. The molecule has 0 aliphatic rings. The first-order valence-corrected chi connectivity index (χ1v) is 16.0. The normalized spacial score (nSPS) is 13.2. The summed E-state index contributed by atoms with van der Waals surface area (Å²) in [5.41, 5.74) is 0. The van der Waals surface area contributed by atoms with E-state index in [-0.39, 0.29) is 37.9 Å². The van der Waals surface area contributed by atoms with Gasteiger partial charge in [-0.15, -0.1) is 0 Å². The van der Waals surface area contributed by atoms with E-state index >= 15 is 0 Å². The molecule has 12 heteroatoms. The smallest absolute Gasteiger partial charge is 0.306 e. The van der Waals surface area contributed by atoms with Crippen LogP contribution in [0.5, 0.6) is 5.75 Å². The van der Waals surface area contributed by atoms with Gasteiger partial charge in [0, 0.05) is 38.8 Å². The van der Waals surface area contributed by atoms with Gasteiger partial charge in [-0.3, -0.25) is 18.9 Å². The number of benzene rings is 1. The number of nitrogens with one attached hydrogen (secondary N) is 2. The molecule has 2 atom stereocenters. The second-order valence-electron chi connectivity index (χ2n) is 9.05. The van der Waals surface area contributed by atoms with Gasteiger partial charge in [0.1, 0.15) is 11.5 Å². The molecule has 0 heterocycles. The number of rotatable bonds is 24. The number of para-hydroxylation sites is 1. The van der Waals surface area contributed by atoms with Crippen molar-refractivity contribution in [1.82, 2.24) is 10.6 Å². The van der Waals surface area contributed by atoms with Gasteiger partial charge in [-0.25, -0.2) is 0 Å². The molecular formula is C28H47N2O9P. The Balaban J connectivity index is 2.28. The topological polar surface area (TPSA) is 138 Å². The Morgan fingerprint density at radius 1 is 0.825 bits per heavy atom. The summed E-state index contributed by atoms with van der Waals surface area (Å²) in [6, 6.07) is 8.57. The van der Waals surface area contributed by atoms with E-state index in [0.717, 1.165) is 19.4 Å². The zero-order chi connectivity index (χ0) is 29.5. The lowest BCUT2D eigenvalue weighted by Crippen LogP contribution is -2.35. The summed E-state index contributed by atoms with van der Waals surface area (Å²) in [6.07, 6.45) is 2.51. The number of ether oxygens (including phenoxy) is 4. The maximum absolute atomic E-state index is 13.7. The molecule has 0 fully saturated rings. The van der Waals surface area contributed by atoms with Crippen LogP contribution in [0.3, 0.4) is 0 Å². The van der Waals surface area contributed by atoms with Crippen molar-refractivity contribution >= 4 is 25.2 Å². The van der Waals surface area contributed by atoms with E-state index < -0.39 is 25.0 Å². The Bertz CT molecular complexity index is 886. The van der Waals surface area contributed by atoms with Crippen molar-refractivity contribution in [3.8, 4) is 5.75 Å². The van der Waals surface area contributed by atoms with Gasteiger partial charge in [0.25, 0.3) is 7.37 Å². The minimum atomic E-state index is -3.52. The van der Waals surface area contributed by atoms with Gasteiger partial charge in [-0.1, -0.05) is 31.5 Å². The third-order valence-corrected chi connectivity index (χ3v) is 8.33. The minimum Gasteiger partial charge on any atom is -0.466 e. The van der Waals surface area contributed by atoms with Crippen LogP contribution >= 0.6 is 7.37 Å². The molecule has 0 aromatic heterocycles. The molecule has 0 bridgehead atoms. The first-order valence-electron chi connectivity index (χ1n) is 14.1. The second-order valence-corrected chi connectivity index (χ2v) is 11.9. The molecule has 0 radical (unpaired) electrons. The third-order valence-electron chi connectivity index (χ3n) is 5.65. The highest BCUT2D eigenvalue weighted by molar-refractivity contribution is 7.60. The standard InChI is InChI=1S/C28H47N2O9P/c1-4-6-17-35-19-21-37-22-20-36-18-10-16-29-26(31)13-14-27(32)30-24(3)40(34,23-15-28(33)38-5-2)39-25-11-8-7-9-12-25/h7-9,11-12,24H,4-6,10,13-23H2,1-3H3,(H,29,31)(H,30,32)/t24-,40?/m1/s1. The fourth-order valence-electron chi connectivity index (χ4n) is 3.37. The van der Waals surface area contributed by atoms with Crippen LogP contribution in [0, 0.1) is 0 Å². The van der Waals surface area contributed by atoms with E-state index in [1.165, 1.54) is 0 Å². The van der Waals surface area contributed by atoms with Crippen LogP contribution in [0.25, 0.3) is 0 Å². The minimum absolute atomic E-state index is 0.0136. The Hall–Kier alpha value is -2.46. The summed E-state index contributed by atoms with van der Waals surface area (Å²) >= 11 is 0. The number of esters is 1. The van der Waals surface area contributed by atoms with Crippen molar-refractivity contribution in [3.63, 3.8) is 0 Å². The van der Waals surface area contributed by atoms with E-state index in [1.807, 2.05) is 0 Å². The molecule has 1 unspecified atom stereocenters. The second kappa shape index (κ2) is 22.3. The highest BCUT2D eigenvalue weighted by atomic mass is 31.2. The monoisotopic (exact) mass is 586 g/mol. The molecule has 1 aromatic carbocycles. The molecule has 0 saturated carbocycles. The molecule has 0 spiro atoms. The Labute approximate surface area is 238 Å². The van der Waals surface area contributed by atoms with Crippen LogP contribution in [-0.2, 0) is 37.9 Å². The molecule has 0 aliphatic heterocycles. The lowest BCUT2D eigenvalue weighted by molar-refractivity contribution is -0.142. The Morgan fingerprint density at radius 2 is 1.43 bits per heavy atom. The number of unbranched alkanes of at least 4 members (excludes halogenated alkanes) is 1. The summed E-state index contributed by atoms with van der Waals surface area (Å²) in [5.74, 6) is -1.68. The lowest BCUT2D eigenvalue weighted by Gasteiger charge is -2.26. The summed E-state index contributed by atoms with van der Waals surface area (Å²) in [5, 5.41) is 5.43. The van der Waals surface area contributed by atoms with E-state index in [9.17, 15) is 18.9 Å². The van der Waals surface area contributed by atoms with E-state index in [4.69, 9.17) is 23.5 Å². The fourth-order valence-corrected chi connectivity index (χ4v) is 5.32. The van der Waals surface area contributed by atoms with Gasteiger partial charge >= 0.3 is 5.97 Å². The molecule has 1 aromatic rings. The molecule has 40 heavy (non-hydrogen) atoms. The number of amides is 2. The van der Waals surface area contributed by atoms with Crippen LogP contribution in [0.2, 0.25) is 0 Å². The van der Waals surface area contributed by atoms with Crippen LogP contribution in [0.4, 0.5) is 0 Å². The van der Waals surface area contributed by atoms with Crippen LogP contribution in [0.1, 0.15) is 59.3 Å². The summed E-state index contributed by atoms with van der Waals surface area (Å²) in [4.78, 5) is 36.5. The van der Waals surface area contributed by atoms with Crippen molar-refractivity contribution in [2.24, 2.45) is 0 Å². The number of carbonyl (C=O) groups excluding carboxylic acids is 3. The van der Waals surface area contributed by atoms with Gasteiger partial charge in [0.05, 0.1) is 39.5 Å². The van der Waals surface area contributed by atoms with Crippen LogP contribution in [-0.4, -0.2) is 82.5 Å². The maximum atomic E-state index is 13.7. The van der Waals surface area contributed by atoms with Gasteiger partial charge in [-0.05, 0) is 38.8 Å². The average Bonchev–Trinajstić information content (AvgIpc) is 2.94.